The van der Waals surface area contributed by atoms with Crippen LogP contribution in [0.25, 0.3) is 0 Å². The number of anilines is 2. The van der Waals surface area contributed by atoms with Crippen LogP contribution in [0.2, 0.25) is 0 Å². The first-order valence-electron chi connectivity index (χ1n) is 7.64. The van der Waals surface area contributed by atoms with Crippen LogP contribution in [0.15, 0.2) is 24.3 Å². The zero-order valence-corrected chi connectivity index (χ0v) is 13.5. The molecular formula is C17H26N2O2. The van der Waals surface area contributed by atoms with Gasteiger partial charge in [-0.1, -0.05) is 12.1 Å². The normalized spacial score (nSPS) is 17.1. The van der Waals surface area contributed by atoms with Crippen molar-refractivity contribution < 1.29 is 9.53 Å². The van der Waals surface area contributed by atoms with Crippen LogP contribution >= 0.6 is 0 Å². The van der Waals surface area contributed by atoms with Gasteiger partial charge in [-0.25, -0.2) is 0 Å². The van der Waals surface area contributed by atoms with Gasteiger partial charge in [0.1, 0.15) is 0 Å². The summed E-state index contributed by atoms with van der Waals surface area (Å²) in [5, 5.41) is 3.52. The Labute approximate surface area is 127 Å². The minimum Gasteiger partial charge on any atom is -0.381 e. The average Bonchev–Trinajstić information content (AvgIpc) is 2.85. The van der Waals surface area contributed by atoms with Gasteiger partial charge in [-0.3, -0.25) is 4.79 Å². The van der Waals surface area contributed by atoms with Gasteiger partial charge < -0.3 is 15.0 Å². The lowest BCUT2D eigenvalue weighted by Crippen LogP contribution is -2.32. The van der Waals surface area contributed by atoms with Crippen molar-refractivity contribution in [2.45, 2.75) is 51.7 Å². The zero-order valence-electron chi connectivity index (χ0n) is 13.5. The lowest BCUT2D eigenvalue weighted by Gasteiger charge is -2.29. The van der Waals surface area contributed by atoms with E-state index in [1.54, 1.807) is 7.11 Å². The number of amides is 1. The van der Waals surface area contributed by atoms with E-state index in [0.717, 1.165) is 30.8 Å². The molecule has 1 N–H and O–H groups in total. The molecule has 0 spiro atoms. The summed E-state index contributed by atoms with van der Waals surface area (Å²) in [4.78, 5) is 13.9. The summed E-state index contributed by atoms with van der Waals surface area (Å²) in [6, 6.07) is 8.30. The number of methoxy groups -OCH3 is 1. The van der Waals surface area contributed by atoms with Gasteiger partial charge in [-0.2, -0.15) is 0 Å². The van der Waals surface area contributed by atoms with Gasteiger partial charge in [0.25, 0.3) is 0 Å². The number of hydrogen-bond donors (Lipinski definition) is 1. The van der Waals surface area contributed by atoms with Gasteiger partial charge in [0.15, 0.2) is 0 Å². The van der Waals surface area contributed by atoms with Gasteiger partial charge >= 0.3 is 0 Å². The van der Waals surface area contributed by atoms with Crippen LogP contribution in [-0.2, 0) is 9.53 Å². The third-order valence-electron chi connectivity index (χ3n) is 4.02. The molecule has 4 nitrogen and oxygen atoms in total. The van der Waals surface area contributed by atoms with Crippen LogP contribution < -0.4 is 10.2 Å². The summed E-state index contributed by atoms with van der Waals surface area (Å²) < 4.78 is 5.49. The zero-order chi connectivity index (χ0) is 15.5. The predicted molar refractivity (Wildman–Crippen MR) is 86.8 cm³/mol. The molecule has 21 heavy (non-hydrogen) atoms. The van der Waals surface area contributed by atoms with Gasteiger partial charge in [0, 0.05) is 26.1 Å². The lowest BCUT2D eigenvalue weighted by molar-refractivity contribution is -0.117. The molecule has 2 rings (SSSR count). The fourth-order valence-electron chi connectivity index (χ4n) is 2.87. The molecule has 1 aliphatic rings. The Balaban J connectivity index is 2.11. The lowest BCUT2D eigenvalue weighted by atomic mass is 9.99. The van der Waals surface area contributed by atoms with Gasteiger partial charge in [0.05, 0.1) is 17.0 Å². The first kappa shape index (κ1) is 15.8. The highest BCUT2D eigenvalue weighted by atomic mass is 16.5. The Morgan fingerprint density at radius 1 is 1.38 bits per heavy atom. The van der Waals surface area contributed by atoms with Crippen molar-refractivity contribution in [3.05, 3.63) is 24.3 Å². The van der Waals surface area contributed by atoms with Gasteiger partial charge in [-0.05, 0) is 45.7 Å². The molecule has 0 saturated carbocycles. The molecule has 0 radical (unpaired) electrons. The summed E-state index contributed by atoms with van der Waals surface area (Å²) in [6.07, 6.45) is 2.49. The second-order valence-corrected chi connectivity index (χ2v) is 6.38. The molecular weight excluding hydrogens is 264 g/mol. The van der Waals surface area contributed by atoms with Crippen molar-refractivity contribution >= 4 is 17.3 Å². The molecule has 0 bridgehead atoms. The second kappa shape index (κ2) is 6.48. The first-order chi connectivity index (χ1) is 9.93. The fourth-order valence-corrected chi connectivity index (χ4v) is 2.87. The molecule has 0 aromatic heterocycles. The second-order valence-electron chi connectivity index (χ2n) is 6.38. The third kappa shape index (κ3) is 3.97. The number of rotatable bonds is 6. The number of para-hydroxylation sites is 2. The van der Waals surface area contributed by atoms with Crippen LogP contribution in [0.5, 0.6) is 0 Å². The molecule has 1 amide bonds. The third-order valence-corrected chi connectivity index (χ3v) is 4.02. The summed E-state index contributed by atoms with van der Waals surface area (Å²) in [7, 11) is 1.74. The molecule has 116 valence electrons. The van der Waals surface area contributed by atoms with Gasteiger partial charge in [0.2, 0.25) is 5.91 Å². The molecule has 1 aromatic carbocycles. The highest BCUT2D eigenvalue weighted by Crippen LogP contribution is 2.30. The first-order valence-corrected chi connectivity index (χ1v) is 7.64. The summed E-state index contributed by atoms with van der Waals surface area (Å²) >= 11 is 0. The van der Waals surface area contributed by atoms with E-state index >= 15 is 0 Å². The average molecular weight is 290 g/mol. The van der Waals surface area contributed by atoms with Crippen molar-refractivity contribution in [2.24, 2.45) is 0 Å². The van der Waals surface area contributed by atoms with Crippen molar-refractivity contribution in [1.82, 2.24) is 0 Å². The van der Waals surface area contributed by atoms with E-state index in [2.05, 4.69) is 26.1 Å². The maximum Gasteiger partial charge on any atom is 0.227 e. The van der Waals surface area contributed by atoms with Crippen molar-refractivity contribution in [2.75, 3.05) is 23.9 Å². The topological polar surface area (TPSA) is 41.6 Å². The Kier molecular flexibility index (Phi) is 4.88. The fraction of sp³-hybridized carbons (Fsp3) is 0.588. The van der Waals surface area contributed by atoms with Crippen molar-refractivity contribution in [3.63, 3.8) is 0 Å². The van der Waals surface area contributed by atoms with Crippen molar-refractivity contribution in [1.29, 1.82) is 0 Å². The highest BCUT2D eigenvalue weighted by Gasteiger charge is 2.25. The van der Waals surface area contributed by atoms with E-state index in [1.807, 2.05) is 29.2 Å². The van der Waals surface area contributed by atoms with Crippen LogP contribution in [0, 0.1) is 0 Å². The summed E-state index contributed by atoms with van der Waals surface area (Å²) in [6.45, 7) is 7.13. The Bertz CT molecular complexity index is 499. The number of hydrogen-bond acceptors (Lipinski definition) is 3. The largest absolute Gasteiger partial charge is 0.381 e. The monoisotopic (exact) mass is 290 g/mol. The molecule has 1 aromatic rings. The Morgan fingerprint density at radius 2 is 2.10 bits per heavy atom. The predicted octanol–water partition coefficient (Wildman–Crippen LogP) is 3.43. The molecule has 1 aliphatic heterocycles. The molecule has 1 unspecified atom stereocenters. The Hall–Kier alpha value is -1.55. The molecule has 1 fully saturated rings. The van der Waals surface area contributed by atoms with E-state index < -0.39 is 0 Å². The maximum atomic E-state index is 12.0. The van der Waals surface area contributed by atoms with Crippen LogP contribution in [0.4, 0.5) is 11.4 Å². The number of nitrogens with one attached hydrogen (secondary N) is 1. The van der Waals surface area contributed by atoms with Crippen LogP contribution in [0.3, 0.4) is 0 Å². The van der Waals surface area contributed by atoms with Crippen LogP contribution in [0.1, 0.15) is 40.0 Å². The molecule has 1 atom stereocenters. The summed E-state index contributed by atoms with van der Waals surface area (Å²) in [5.74, 6) is 0.217. The van der Waals surface area contributed by atoms with E-state index in [-0.39, 0.29) is 17.6 Å². The number of benzene rings is 1. The van der Waals surface area contributed by atoms with Crippen molar-refractivity contribution in [3.8, 4) is 0 Å². The number of carbonyl (C=O) groups excluding carboxylic acids is 1. The Morgan fingerprint density at radius 3 is 2.71 bits per heavy atom. The van der Waals surface area contributed by atoms with Gasteiger partial charge in [-0.15, -0.1) is 0 Å². The smallest absolute Gasteiger partial charge is 0.227 e. The number of carbonyl (C=O) groups is 1. The SMILES string of the molecule is COC(C)(C)CC(C)Nc1ccccc1N1CCCC1=O. The number of ether oxygens (including phenoxy) is 1. The molecule has 1 saturated heterocycles. The molecule has 1 heterocycles. The van der Waals surface area contributed by atoms with E-state index in [9.17, 15) is 4.79 Å². The van der Waals surface area contributed by atoms with Crippen LogP contribution in [-0.4, -0.2) is 31.2 Å². The maximum absolute atomic E-state index is 12.0. The minimum absolute atomic E-state index is 0.162. The van der Waals surface area contributed by atoms with E-state index in [4.69, 9.17) is 4.74 Å². The molecule has 4 heteroatoms. The molecule has 0 aliphatic carbocycles. The standard InChI is InChI=1S/C17H26N2O2/c1-13(12-17(2,3)21-4)18-14-8-5-6-9-15(14)19-11-7-10-16(19)20/h5-6,8-9,13,18H,7,10-12H2,1-4H3. The highest BCUT2D eigenvalue weighted by molar-refractivity contribution is 5.98. The quantitative estimate of drug-likeness (QED) is 0.872. The van der Waals surface area contributed by atoms with E-state index in [0.29, 0.717) is 6.42 Å². The number of nitrogens with zero attached hydrogens (tertiary/aromatic N) is 1. The van der Waals surface area contributed by atoms with E-state index in [1.165, 1.54) is 0 Å². The minimum atomic E-state index is -0.162. The summed E-state index contributed by atoms with van der Waals surface area (Å²) in [5.41, 5.74) is 1.85.